The molecular weight excluding hydrogens is 464 g/mol. The molecule has 2 heterocycles. The lowest BCUT2D eigenvalue weighted by atomic mass is 10.1. The zero-order valence-electron chi connectivity index (χ0n) is 22.4. The summed E-state index contributed by atoms with van der Waals surface area (Å²) >= 11 is 1.78. The van der Waals surface area contributed by atoms with Gasteiger partial charge in [-0.15, -0.1) is 6.58 Å². The van der Waals surface area contributed by atoms with Gasteiger partial charge in [0.1, 0.15) is 5.82 Å². The molecule has 0 spiro atoms. The van der Waals surface area contributed by atoms with Crippen LogP contribution in [0.25, 0.3) is 0 Å². The van der Waals surface area contributed by atoms with Crippen LogP contribution < -0.4 is 9.47 Å². The smallest absolute Gasteiger partial charge is 0.275 e. The lowest BCUT2D eigenvalue weighted by Crippen LogP contribution is -2.31. The number of rotatable bonds is 3. The minimum atomic E-state index is -0.912. The Morgan fingerprint density at radius 3 is 1.91 bits per heavy atom. The normalized spacial score (nSPS) is 17.9. The van der Waals surface area contributed by atoms with E-state index in [0.717, 1.165) is 35.0 Å². The number of fused-ring (bicyclic) bond motifs is 1. The average molecular weight is 508 g/mol. The number of benzene rings is 2. The van der Waals surface area contributed by atoms with E-state index in [0.29, 0.717) is 7.18 Å². The van der Waals surface area contributed by atoms with E-state index in [4.69, 9.17) is 9.47 Å². The van der Waals surface area contributed by atoms with Crippen molar-refractivity contribution in [1.82, 2.24) is 4.31 Å². The highest BCUT2D eigenvalue weighted by Gasteiger charge is 2.38. The Morgan fingerprint density at radius 1 is 0.886 bits per heavy atom. The van der Waals surface area contributed by atoms with Gasteiger partial charge in [0.25, 0.3) is 5.79 Å². The zero-order chi connectivity index (χ0) is 26.7. The van der Waals surface area contributed by atoms with Crippen molar-refractivity contribution in [1.29, 1.82) is 0 Å². The number of alkyl halides is 1. The largest absolute Gasteiger partial charge is 0.445 e. The molecule has 2 aliphatic rings. The van der Waals surface area contributed by atoms with E-state index in [2.05, 4.69) is 17.0 Å². The zero-order valence-corrected chi connectivity index (χ0v) is 23.3. The molecule has 0 bridgehead atoms. The topological polar surface area (TPSA) is 21.7 Å². The third-order valence-corrected chi connectivity index (χ3v) is 5.86. The molecule has 1 unspecified atom stereocenters. The molecule has 0 aromatic heterocycles. The number of hydrogen-bond acceptors (Lipinski definition) is 4. The number of allylic oxidation sites excluding steroid dienone is 3. The fraction of sp³-hybridized carbons (Fsp3) is 0.448. The van der Waals surface area contributed by atoms with Crippen LogP contribution in [0.15, 0.2) is 72.2 Å². The maximum atomic E-state index is 13.1. The van der Waals surface area contributed by atoms with E-state index in [-0.39, 0.29) is 5.82 Å². The van der Waals surface area contributed by atoms with Crippen molar-refractivity contribution in [3.05, 3.63) is 78.7 Å². The summed E-state index contributed by atoms with van der Waals surface area (Å²) in [5.74, 6) is 0.288. The van der Waals surface area contributed by atoms with Crippen LogP contribution >= 0.6 is 11.9 Å². The second kappa shape index (κ2) is 18.9. The predicted octanol–water partition coefficient (Wildman–Crippen LogP) is 9.35. The Labute approximate surface area is 216 Å². The second-order valence-electron chi connectivity index (χ2n) is 7.42. The number of piperidine rings is 1. The molecule has 1 saturated heterocycles. The van der Waals surface area contributed by atoms with E-state index in [1.54, 1.807) is 30.2 Å². The van der Waals surface area contributed by atoms with Crippen molar-refractivity contribution in [2.45, 2.75) is 71.5 Å². The van der Waals surface area contributed by atoms with Crippen molar-refractivity contribution in [2.24, 2.45) is 0 Å². The molecule has 6 heteroatoms. The lowest BCUT2D eigenvalue weighted by molar-refractivity contribution is -0.0681. The highest BCUT2D eigenvalue weighted by molar-refractivity contribution is 7.97. The molecule has 1 fully saturated rings. The molecule has 4 rings (SSSR count). The summed E-state index contributed by atoms with van der Waals surface area (Å²) in [6, 6.07) is 12.3. The van der Waals surface area contributed by atoms with E-state index >= 15 is 0 Å². The minimum absolute atomic E-state index is 0.266. The summed E-state index contributed by atoms with van der Waals surface area (Å²) in [5.41, 5.74) is 0.797. The van der Waals surface area contributed by atoms with Gasteiger partial charge in [0.2, 0.25) is 0 Å². The predicted molar refractivity (Wildman–Crippen MR) is 147 cm³/mol. The first-order chi connectivity index (χ1) is 17.0. The molecule has 0 saturated carbocycles. The molecule has 0 radical (unpaired) electrons. The Bertz CT molecular complexity index is 848. The van der Waals surface area contributed by atoms with Gasteiger partial charge in [0.05, 0.1) is 7.18 Å². The summed E-state index contributed by atoms with van der Waals surface area (Å²) in [6.07, 6.45) is 9.61. The maximum Gasteiger partial charge on any atom is 0.275 e. The van der Waals surface area contributed by atoms with Gasteiger partial charge in [-0.05, 0) is 88.0 Å². The van der Waals surface area contributed by atoms with Gasteiger partial charge in [-0.1, -0.05) is 38.5 Å². The van der Waals surface area contributed by atoms with Crippen molar-refractivity contribution in [2.75, 3.05) is 20.3 Å². The third-order valence-electron chi connectivity index (χ3n) is 4.78. The molecule has 196 valence electrons. The summed E-state index contributed by atoms with van der Waals surface area (Å²) < 4.78 is 37.1. The van der Waals surface area contributed by atoms with Crippen LogP contribution in [0.4, 0.5) is 8.78 Å². The van der Waals surface area contributed by atoms with Gasteiger partial charge in [-0.2, -0.15) is 0 Å². The second-order valence-corrected chi connectivity index (χ2v) is 8.59. The lowest BCUT2D eigenvalue weighted by Gasteiger charge is -2.25. The van der Waals surface area contributed by atoms with Gasteiger partial charge in [-0.25, -0.2) is 8.70 Å². The first-order valence-electron chi connectivity index (χ1n) is 12.2. The van der Waals surface area contributed by atoms with Crippen LogP contribution in [0.2, 0.25) is 0 Å². The standard InChI is InChI=1S/C19H20FNO2S.C4H8.C3H6.C2H6.CH3F/c1-19(14-5-7-15(20)8-6-14)22-17-10-9-16(13-18(17)23-19)24-21-11-3-2-4-12-21;1-3-4-2;1-3-2;2*1-2/h5-10,13H,2-4,11-12H2,1H3;3-4H,1-2H3;3H,1H2,2H3;1-2H3;1H3/b;4-3-;;;. The SMILES string of the molecule is C/C=C\C.C=CC.CC.CC1(c2ccc(F)cc2)Oc2ccc(SN3CCCCC3)cc2O1.CF. The van der Waals surface area contributed by atoms with Crippen molar-refractivity contribution in [3.8, 4) is 11.5 Å². The maximum absolute atomic E-state index is 13.1. The Hall–Kier alpha value is -2.31. The minimum Gasteiger partial charge on any atom is -0.445 e. The quantitative estimate of drug-likeness (QED) is 0.305. The molecule has 1 atom stereocenters. The Kier molecular flexibility index (Phi) is 17.7. The van der Waals surface area contributed by atoms with Crippen LogP contribution in [-0.4, -0.2) is 24.6 Å². The van der Waals surface area contributed by atoms with Gasteiger partial charge < -0.3 is 9.47 Å². The number of halogens is 2. The first kappa shape index (κ1) is 32.7. The van der Waals surface area contributed by atoms with Gasteiger partial charge >= 0.3 is 0 Å². The van der Waals surface area contributed by atoms with E-state index in [9.17, 15) is 8.78 Å². The van der Waals surface area contributed by atoms with Gasteiger partial charge in [0, 0.05) is 30.5 Å². The molecular formula is C29H43F2NO2S. The van der Waals surface area contributed by atoms with Crippen molar-refractivity contribution >= 4 is 11.9 Å². The monoisotopic (exact) mass is 507 g/mol. The fourth-order valence-electron chi connectivity index (χ4n) is 3.13. The van der Waals surface area contributed by atoms with Crippen LogP contribution in [0, 0.1) is 5.82 Å². The molecule has 0 N–H and O–H groups in total. The highest BCUT2D eigenvalue weighted by atomic mass is 32.2. The average Bonchev–Trinajstić information content (AvgIpc) is 3.24. The molecule has 2 aliphatic heterocycles. The number of ether oxygens (including phenoxy) is 2. The van der Waals surface area contributed by atoms with Crippen LogP contribution in [0.3, 0.4) is 0 Å². The third kappa shape index (κ3) is 11.3. The van der Waals surface area contributed by atoms with E-state index in [1.165, 1.54) is 31.4 Å². The first-order valence-corrected chi connectivity index (χ1v) is 13.0. The highest BCUT2D eigenvalue weighted by Crippen LogP contribution is 2.45. The fourth-order valence-corrected chi connectivity index (χ4v) is 4.15. The number of nitrogens with zero attached hydrogens (tertiary/aromatic N) is 1. The van der Waals surface area contributed by atoms with Crippen LogP contribution in [-0.2, 0) is 5.79 Å². The summed E-state index contributed by atoms with van der Waals surface area (Å²) in [4.78, 5) is 1.16. The molecule has 3 nitrogen and oxygen atoms in total. The molecule has 0 aliphatic carbocycles. The summed E-state index contributed by atoms with van der Waals surface area (Å²) in [5, 5.41) is 0. The molecule has 0 amide bonds. The Balaban J connectivity index is 0.000000909. The van der Waals surface area contributed by atoms with Crippen LogP contribution in [0.5, 0.6) is 11.5 Å². The molecule has 2 aromatic rings. The van der Waals surface area contributed by atoms with Gasteiger partial charge in [-0.3, -0.25) is 4.39 Å². The summed E-state index contributed by atoms with van der Waals surface area (Å²) in [7, 11) is 0.500. The van der Waals surface area contributed by atoms with E-state index in [1.807, 2.05) is 65.8 Å². The number of hydrogen-bond donors (Lipinski definition) is 0. The molecule has 35 heavy (non-hydrogen) atoms. The molecule has 2 aromatic carbocycles. The van der Waals surface area contributed by atoms with Crippen LogP contribution in [0.1, 0.15) is 66.4 Å². The van der Waals surface area contributed by atoms with Crippen molar-refractivity contribution in [3.63, 3.8) is 0 Å². The van der Waals surface area contributed by atoms with Gasteiger partial charge in [0.15, 0.2) is 11.5 Å². The van der Waals surface area contributed by atoms with E-state index < -0.39 is 5.79 Å². The summed E-state index contributed by atoms with van der Waals surface area (Å²) in [6.45, 7) is 17.4. The Morgan fingerprint density at radius 2 is 1.40 bits per heavy atom. The van der Waals surface area contributed by atoms with Crippen molar-refractivity contribution < 1.29 is 18.3 Å².